The first-order valence-electron chi connectivity index (χ1n) is 7.88. The van der Waals surface area contributed by atoms with Crippen molar-refractivity contribution in [2.75, 3.05) is 20.2 Å². The first-order chi connectivity index (χ1) is 10.7. The maximum atomic E-state index is 12.5. The average molecular weight is 319 g/mol. The predicted octanol–water partition coefficient (Wildman–Crippen LogP) is 2.12. The molecule has 5 nitrogen and oxygen atoms in total. The van der Waals surface area contributed by atoms with Gasteiger partial charge in [-0.1, -0.05) is 32.9 Å². The van der Waals surface area contributed by atoms with Gasteiger partial charge in [-0.2, -0.15) is 0 Å². The van der Waals surface area contributed by atoms with Gasteiger partial charge in [0.05, 0.1) is 7.11 Å². The monoisotopic (exact) mass is 319 g/mol. The Kier molecular flexibility index (Phi) is 4.80. The van der Waals surface area contributed by atoms with Gasteiger partial charge < -0.3 is 14.7 Å². The van der Waals surface area contributed by atoms with Gasteiger partial charge in [-0.25, -0.2) is 4.79 Å². The molecule has 23 heavy (non-hydrogen) atoms. The molecule has 0 aromatic heterocycles. The van der Waals surface area contributed by atoms with Crippen molar-refractivity contribution in [3.8, 4) is 0 Å². The molecule has 0 atom stereocenters. The molecule has 1 aliphatic rings. The summed E-state index contributed by atoms with van der Waals surface area (Å²) in [6, 6.07) is 7.62. The second kappa shape index (κ2) is 6.32. The van der Waals surface area contributed by atoms with E-state index in [1.54, 1.807) is 4.90 Å². The molecular formula is C18H25NO4. The van der Waals surface area contributed by atoms with Crippen LogP contribution in [0.1, 0.15) is 49.5 Å². The van der Waals surface area contributed by atoms with E-state index in [0.29, 0.717) is 18.7 Å². The van der Waals surface area contributed by atoms with E-state index in [2.05, 4.69) is 25.5 Å². The zero-order valence-electron chi connectivity index (χ0n) is 14.3. The minimum absolute atomic E-state index is 0.0453. The van der Waals surface area contributed by atoms with Crippen molar-refractivity contribution < 1.29 is 19.4 Å². The smallest absolute Gasteiger partial charge is 0.337 e. The number of carbonyl (C=O) groups excluding carboxylic acids is 2. The maximum absolute atomic E-state index is 12.5. The van der Waals surface area contributed by atoms with Crippen LogP contribution in [0.15, 0.2) is 24.3 Å². The summed E-state index contributed by atoms with van der Waals surface area (Å²) >= 11 is 0. The minimum Gasteiger partial charge on any atom is -0.467 e. The topological polar surface area (TPSA) is 66.8 Å². The summed E-state index contributed by atoms with van der Waals surface area (Å²) in [5.74, 6) is -0.698. The molecule has 1 aromatic rings. The van der Waals surface area contributed by atoms with Crippen LogP contribution in [0.5, 0.6) is 0 Å². The highest BCUT2D eigenvalue weighted by Crippen LogP contribution is 2.26. The van der Waals surface area contributed by atoms with Gasteiger partial charge in [0.15, 0.2) is 5.60 Å². The molecular weight excluding hydrogens is 294 g/mol. The molecule has 5 heteroatoms. The zero-order chi connectivity index (χ0) is 17.3. The van der Waals surface area contributed by atoms with Crippen LogP contribution in [0.25, 0.3) is 0 Å². The summed E-state index contributed by atoms with van der Waals surface area (Å²) in [7, 11) is 1.26. The van der Waals surface area contributed by atoms with Gasteiger partial charge in [0.1, 0.15) is 0 Å². The lowest BCUT2D eigenvalue weighted by Crippen LogP contribution is -2.51. The van der Waals surface area contributed by atoms with Crippen molar-refractivity contribution in [3.05, 3.63) is 35.4 Å². The number of likely N-dealkylation sites (tertiary alicyclic amines) is 1. The predicted molar refractivity (Wildman–Crippen MR) is 87.2 cm³/mol. The molecule has 2 rings (SSSR count). The second-order valence-corrected chi connectivity index (χ2v) is 7.14. The van der Waals surface area contributed by atoms with E-state index in [9.17, 15) is 14.7 Å². The molecule has 0 aliphatic carbocycles. The van der Waals surface area contributed by atoms with Gasteiger partial charge in [0.25, 0.3) is 5.91 Å². The lowest BCUT2D eigenvalue weighted by molar-refractivity contribution is -0.166. The minimum atomic E-state index is -1.47. The summed E-state index contributed by atoms with van der Waals surface area (Å²) in [5.41, 5.74) is 0.375. The van der Waals surface area contributed by atoms with Crippen LogP contribution in [0.2, 0.25) is 0 Å². The molecule has 1 amide bonds. The molecule has 1 fully saturated rings. The number of benzene rings is 1. The van der Waals surface area contributed by atoms with E-state index in [-0.39, 0.29) is 24.2 Å². The van der Waals surface area contributed by atoms with Crippen LogP contribution < -0.4 is 0 Å². The fourth-order valence-corrected chi connectivity index (χ4v) is 2.77. The molecule has 0 saturated carbocycles. The first-order valence-corrected chi connectivity index (χ1v) is 7.88. The van der Waals surface area contributed by atoms with Gasteiger partial charge >= 0.3 is 5.97 Å². The molecule has 1 N–H and O–H groups in total. The summed E-state index contributed by atoms with van der Waals surface area (Å²) in [4.78, 5) is 25.8. The fraction of sp³-hybridized carbons (Fsp3) is 0.556. The Morgan fingerprint density at radius 2 is 1.65 bits per heavy atom. The zero-order valence-corrected chi connectivity index (χ0v) is 14.3. The van der Waals surface area contributed by atoms with Crippen LogP contribution >= 0.6 is 0 Å². The summed E-state index contributed by atoms with van der Waals surface area (Å²) in [5, 5.41) is 10.2. The number of methoxy groups -OCH3 is 1. The van der Waals surface area contributed by atoms with E-state index in [4.69, 9.17) is 0 Å². The number of esters is 1. The van der Waals surface area contributed by atoms with Crippen molar-refractivity contribution in [2.45, 2.75) is 44.6 Å². The lowest BCUT2D eigenvalue weighted by Gasteiger charge is -2.36. The Labute approximate surface area is 137 Å². The molecule has 126 valence electrons. The molecule has 0 spiro atoms. The van der Waals surface area contributed by atoms with E-state index < -0.39 is 11.6 Å². The summed E-state index contributed by atoms with van der Waals surface area (Å²) in [6.45, 7) is 7.06. The van der Waals surface area contributed by atoms with Gasteiger partial charge in [-0.3, -0.25) is 4.79 Å². The summed E-state index contributed by atoms with van der Waals surface area (Å²) in [6.07, 6.45) is 0.400. The second-order valence-electron chi connectivity index (χ2n) is 7.14. The summed E-state index contributed by atoms with van der Waals surface area (Å²) < 4.78 is 4.63. The molecule has 0 unspecified atom stereocenters. The van der Waals surface area contributed by atoms with Crippen LogP contribution in [0, 0.1) is 0 Å². The molecule has 1 aliphatic heterocycles. The molecule has 0 bridgehead atoms. The molecule has 1 aromatic carbocycles. The van der Waals surface area contributed by atoms with Crippen molar-refractivity contribution in [1.82, 2.24) is 4.90 Å². The number of hydrogen-bond donors (Lipinski definition) is 1. The number of hydrogen-bond acceptors (Lipinski definition) is 4. The lowest BCUT2D eigenvalue weighted by atomic mass is 9.86. The van der Waals surface area contributed by atoms with Gasteiger partial charge in [0, 0.05) is 31.5 Å². The number of rotatable bonds is 2. The number of carbonyl (C=O) groups is 2. The Balaban J connectivity index is 2.04. The quantitative estimate of drug-likeness (QED) is 0.848. The van der Waals surface area contributed by atoms with Crippen LogP contribution in [-0.2, 0) is 14.9 Å². The molecule has 1 saturated heterocycles. The Morgan fingerprint density at radius 1 is 1.13 bits per heavy atom. The number of nitrogens with zero attached hydrogens (tertiary/aromatic N) is 1. The third-order valence-electron chi connectivity index (χ3n) is 4.44. The molecule has 0 radical (unpaired) electrons. The SMILES string of the molecule is COC(=O)C1(O)CCN(C(=O)c2ccc(C(C)(C)C)cc2)CC1. The number of aliphatic hydroxyl groups is 1. The Morgan fingerprint density at radius 3 is 2.09 bits per heavy atom. The Bertz CT molecular complexity index is 578. The van der Waals surface area contributed by atoms with Crippen LogP contribution in [0.3, 0.4) is 0 Å². The van der Waals surface area contributed by atoms with Gasteiger partial charge in [0.2, 0.25) is 0 Å². The number of ether oxygens (including phenoxy) is 1. The average Bonchev–Trinajstić information content (AvgIpc) is 2.53. The van der Waals surface area contributed by atoms with E-state index in [0.717, 1.165) is 0 Å². The normalized spacial score (nSPS) is 17.7. The molecule has 1 heterocycles. The number of piperidine rings is 1. The fourth-order valence-electron chi connectivity index (χ4n) is 2.77. The van der Waals surface area contributed by atoms with Crippen molar-refractivity contribution in [2.24, 2.45) is 0 Å². The highest BCUT2D eigenvalue weighted by molar-refractivity contribution is 5.94. The first kappa shape index (κ1) is 17.5. The van der Waals surface area contributed by atoms with Gasteiger partial charge in [-0.05, 0) is 23.1 Å². The third kappa shape index (κ3) is 3.72. The van der Waals surface area contributed by atoms with Crippen molar-refractivity contribution in [3.63, 3.8) is 0 Å². The van der Waals surface area contributed by atoms with Crippen LogP contribution in [-0.4, -0.2) is 47.7 Å². The van der Waals surface area contributed by atoms with Crippen LogP contribution in [0.4, 0.5) is 0 Å². The third-order valence-corrected chi connectivity index (χ3v) is 4.44. The van der Waals surface area contributed by atoms with Crippen molar-refractivity contribution >= 4 is 11.9 Å². The maximum Gasteiger partial charge on any atom is 0.337 e. The highest BCUT2D eigenvalue weighted by Gasteiger charge is 2.41. The van der Waals surface area contributed by atoms with Crippen molar-refractivity contribution in [1.29, 1.82) is 0 Å². The van der Waals surface area contributed by atoms with Gasteiger partial charge in [-0.15, -0.1) is 0 Å². The van der Waals surface area contributed by atoms with E-state index in [1.807, 2.05) is 24.3 Å². The standard InChI is InChI=1S/C18H25NO4/c1-17(2,3)14-7-5-13(6-8-14)15(20)19-11-9-18(22,10-12-19)16(21)23-4/h5-8,22H,9-12H2,1-4H3. The number of amides is 1. The highest BCUT2D eigenvalue weighted by atomic mass is 16.5. The van der Waals surface area contributed by atoms with E-state index >= 15 is 0 Å². The largest absolute Gasteiger partial charge is 0.467 e. The van der Waals surface area contributed by atoms with E-state index in [1.165, 1.54) is 12.7 Å². The Hall–Kier alpha value is -1.88.